The average molecular weight is 704 g/mol. The summed E-state index contributed by atoms with van der Waals surface area (Å²) in [6.45, 7) is 0. The van der Waals surface area contributed by atoms with Crippen LogP contribution in [0, 0.1) is 23.7 Å². The highest BCUT2D eigenvalue weighted by Gasteiger charge is 2.61. The molecule has 4 saturated carbocycles. The molecule has 1 spiro atoms. The lowest BCUT2D eigenvalue weighted by molar-refractivity contribution is -0.0399. The first-order chi connectivity index (χ1) is 27.3. The van der Waals surface area contributed by atoms with Crippen LogP contribution >= 0.6 is 0 Å². The summed E-state index contributed by atoms with van der Waals surface area (Å²) in [5.74, 6) is 3.37. The number of fused-ring (bicyclic) bond motifs is 8. The number of benzene rings is 8. The molecule has 0 atom stereocenters. The Morgan fingerprint density at radius 1 is 0.382 bits per heavy atom. The average Bonchev–Trinajstić information content (AvgIpc) is 3.72. The molecule has 0 aliphatic heterocycles. The second kappa shape index (κ2) is 11.1. The Bertz CT molecular complexity index is 2910. The minimum absolute atomic E-state index is 0.152. The van der Waals surface area contributed by atoms with Crippen molar-refractivity contribution < 1.29 is 0 Å². The number of hydrogen-bond acceptors (Lipinski definition) is 0. The first kappa shape index (κ1) is 30.4. The number of nitrogens with zero attached hydrogens (tertiary/aromatic N) is 1. The Kier molecular flexibility index (Phi) is 6.13. The van der Waals surface area contributed by atoms with Crippen LogP contribution in [-0.4, -0.2) is 4.57 Å². The van der Waals surface area contributed by atoms with Gasteiger partial charge in [0, 0.05) is 21.9 Å². The maximum Gasteiger partial charge on any atom is 0.0541 e. The highest BCUT2D eigenvalue weighted by Crippen LogP contribution is 2.69. The maximum atomic E-state index is 2.67. The lowest BCUT2D eigenvalue weighted by Crippen LogP contribution is -2.55. The van der Waals surface area contributed by atoms with Crippen LogP contribution in [0.25, 0.3) is 82.4 Å². The van der Waals surface area contributed by atoms with Crippen molar-refractivity contribution in [3.63, 3.8) is 0 Å². The van der Waals surface area contributed by atoms with E-state index < -0.39 is 0 Å². The molecular formula is C54H41N. The highest BCUT2D eigenvalue weighted by atomic mass is 15.0. The molecule has 0 amide bonds. The maximum absolute atomic E-state index is 2.67. The summed E-state index contributed by atoms with van der Waals surface area (Å²) in [6, 6.07) is 62.3. The molecule has 5 aliphatic rings. The van der Waals surface area contributed by atoms with E-state index in [0.29, 0.717) is 0 Å². The van der Waals surface area contributed by atoms with E-state index in [1.807, 2.05) is 0 Å². The van der Waals surface area contributed by atoms with E-state index in [9.17, 15) is 0 Å². The van der Waals surface area contributed by atoms with Crippen LogP contribution < -0.4 is 0 Å². The van der Waals surface area contributed by atoms with Crippen LogP contribution in [-0.2, 0) is 5.41 Å². The fraction of sp³-hybridized carbons (Fsp3) is 0.185. The Morgan fingerprint density at radius 3 is 1.42 bits per heavy atom. The van der Waals surface area contributed by atoms with Crippen LogP contribution in [0.15, 0.2) is 164 Å². The molecule has 8 aromatic carbocycles. The van der Waals surface area contributed by atoms with Crippen LogP contribution in [0.3, 0.4) is 0 Å². The van der Waals surface area contributed by atoms with E-state index in [4.69, 9.17) is 0 Å². The fourth-order valence-electron chi connectivity index (χ4n) is 13.0. The molecule has 0 radical (unpaired) electrons. The lowest BCUT2D eigenvalue weighted by atomic mass is 9.43. The Balaban J connectivity index is 1.01. The van der Waals surface area contributed by atoms with Gasteiger partial charge < -0.3 is 4.57 Å². The van der Waals surface area contributed by atoms with E-state index in [0.717, 1.165) is 23.7 Å². The van der Waals surface area contributed by atoms with Gasteiger partial charge in [-0.25, -0.2) is 0 Å². The summed E-state index contributed by atoms with van der Waals surface area (Å²) in [5.41, 5.74) is 15.3. The summed E-state index contributed by atoms with van der Waals surface area (Å²) in [6.07, 6.45) is 7.09. The first-order valence-electron chi connectivity index (χ1n) is 20.5. The molecule has 1 aromatic heterocycles. The molecule has 0 unspecified atom stereocenters. The van der Waals surface area contributed by atoms with Gasteiger partial charge in [0.15, 0.2) is 0 Å². The lowest BCUT2D eigenvalue weighted by Gasteiger charge is -2.61. The van der Waals surface area contributed by atoms with Crippen molar-refractivity contribution in [1.82, 2.24) is 4.57 Å². The van der Waals surface area contributed by atoms with E-state index >= 15 is 0 Å². The molecule has 55 heavy (non-hydrogen) atoms. The van der Waals surface area contributed by atoms with Gasteiger partial charge in [0.05, 0.1) is 11.0 Å². The minimum atomic E-state index is 0.152. The molecule has 0 saturated heterocycles. The highest BCUT2D eigenvalue weighted by molar-refractivity contribution is 6.21. The molecule has 1 nitrogen and oxygen atoms in total. The normalized spacial score (nSPS) is 23.3. The third kappa shape index (κ3) is 3.98. The minimum Gasteiger partial charge on any atom is -0.309 e. The monoisotopic (exact) mass is 703 g/mol. The second-order valence-corrected chi connectivity index (χ2v) is 17.2. The zero-order valence-electron chi connectivity index (χ0n) is 30.9. The molecule has 4 bridgehead atoms. The van der Waals surface area contributed by atoms with Gasteiger partial charge in [0.25, 0.3) is 0 Å². The molecule has 262 valence electrons. The summed E-state index contributed by atoms with van der Waals surface area (Å²) >= 11 is 0. The van der Waals surface area contributed by atoms with Crippen molar-refractivity contribution in [1.29, 1.82) is 0 Å². The van der Waals surface area contributed by atoms with Crippen molar-refractivity contribution in [2.45, 2.75) is 37.5 Å². The molecule has 1 heteroatoms. The molecule has 14 rings (SSSR count). The Morgan fingerprint density at radius 2 is 0.836 bits per heavy atom. The Labute approximate surface area is 321 Å². The van der Waals surface area contributed by atoms with Gasteiger partial charge in [-0.1, -0.05) is 133 Å². The van der Waals surface area contributed by atoms with Gasteiger partial charge >= 0.3 is 0 Å². The number of aromatic nitrogens is 1. The molecule has 4 fully saturated rings. The number of para-hydroxylation sites is 2. The second-order valence-electron chi connectivity index (χ2n) is 17.2. The zero-order chi connectivity index (χ0) is 35.8. The predicted molar refractivity (Wildman–Crippen MR) is 230 cm³/mol. The number of hydrogen-bond donors (Lipinski definition) is 0. The van der Waals surface area contributed by atoms with E-state index in [-0.39, 0.29) is 5.41 Å². The van der Waals surface area contributed by atoms with E-state index in [2.05, 4.69) is 168 Å². The molecular weight excluding hydrogens is 663 g/mol. The van der Waals surface area contributed by atoms with Crippen molar-refractivity contribution in [2.24, 2.45) is 23.7 Å². The van der Waals surface area contributed by atoms with E-state index in [1.165, 1.54) is 115 Å². The zero-order valence-corrected chi connectivity index (χ0v) is 30.9. The quantitative estimate of drug-likeness (QED) is 0.161. The summed E-state index contributed by atoms with van der Waals surface area (Å²) < 4.78 is 2.41. The van der Waals surface area contributed by atoms with Gasteiger partial charge in [0.2, 0.25) is 0 Å². The van der Waals surface area contributed by atoms with Crippen LogP contribution in [0.5, 0.6) is 0 Å². The molecule has 1 heterocycles. The van der Waals surface area contributed by atoms with Crippen molar-refractivity contribution in [2.75, 3.05) is 0 Å². The largest absolute Gasteiger partial charge is 0.309 e. The molecule has 5 aliphatic carbocycles. The Hall–Kier alpha value is -5.92. The van der Waals surface area contributed by atoms with Gasteiger partial charge in [0.1, 0.15) is 0 Å². The topological polar surface area (TPSA) is 4.93 Å². The third-order valence-corrected chi connectivity index (χ3v) is 14.8. The smallest absolute Gasteiger partial charge is 0.0541 e. The molecule has 9 aromatic rings. The standard InChI is InChI=1S/C54H41N/c1-3-16-46-44(14-1)52(35-21-24-39(25-22-35)55-50-19-9-6-12-42(50)43-13-7-10-20-51(43)55)45-15-2-4-17-47(45)53(46)36-23-26-41-40-11-5-8-18-48(40)54(49(41)32-36)37-28-33-27-34(30-37)31-38(54)29-33/h1-26,32-34,37-38H,27-31H2. The molecule has 0 N–H and O–H groups in total. The van der Waals surface area contributed by atoms with Gasteiger partial charge in [-0.15, -0.1) is 0 Å². The van der Waals surface area contributed by atoms with Crippen LogP contribution in [0.4, 0.5) is 0 Å². The summed E-state index contributed by atoms with van der Waals surface area (Å²) in [7, 11) is 0. The van der Waals surface area contributed by atoms with Crippen molar-refractivity contribution >= 4 is 43.4 Å². The summed E-state index contributed by atoms with van der Waals surface area (Å²) in [5, 5.41) is 7.87. The first-order valence-corrected chi connectivity index (χ1v) is 20.5. The van der Waals surface area contributed by atoms with Crippen LogP contribution in [0.1, 0.15) is 43.2 Å². The fourth-order valence-corrected chi connectivity index (χ4v) is 13.0. The number of rotatable bonds is 3. The van der Waals surface area contributed by atoms with E-state index in [1.54, 1.807) is 11.1 Å². The van der Waals surface area contributed by atoms with Gasteiger partial charge in [-0.2, -0.15) is 0 Å². The van der Waals surface area contributed by atoms with Gasteiger partial charge in [-0.3, -0.25) is 0 Å². The predicted octanol–water partition coefficient (Wildman–Crippen LogP) is 14.1. The van der Waals surface area contributed by atoms with Crippen LogP contribution in [0.2, 0.25) is 0 Å². The SMILES string of the molecule is c1ccc2c(c1)-c1ccc(-c3c4ccccc4c(-c4ccc(-n5c6ccccc6c6ccccc65)cc4)c4ccccc34)cc1C21C2CC3CC(C2)CC1C3. The van der Waals surface area contributed by atoms with Crippen molar-refractivity contribution in [3.05, 3.63) is 175 Å². The van der Waals surface area contributed by atoms with Gasteiger partial charge in [-0.05, 0) is 152 Å². The van der Waals surface area contributed by atoms with Crippen molar-refractivity contribution in [3.8, 4) is 39.1 Å². The third-order valence-electron chi connectivity index (χ3n) is 14.8. The summed E-state index contributed by atoms with van der Waals surface area (Å²) in [4.78, 5) is 0.